The number of nitrogens with zero attached hydrogens (tertiary/aromatic N) is 2. The second kappa shape index (κ2) is 8.11. The average molecular weight is 430 g/mol. The van der Waals surface area contributed by atoms with Crippen LogP contribution in [0, 0.1) is 11.8 Å². The van der Waals surface area contributed by atoms with Crippen LogP contribution in [-0.2, 0) is 6.54 Å². The number of hydrogen-bond donors (Lipinski definition) is 2. The Kier molecular flexibility index (Phi) is 5.35. The first-order chi connectivity index (χ1) is 14.1. The molecule has 4 atom stereocenters. The molecule has 152 valence electrons. The van der Waals surface area contributed by atoms with E-state index >= 15 is 0 Å². The number of aliphatic hydroxyl groups excluding tert-OH is 1. The Morgan fingerprint density at radius 1 is 1.17 bits per heavy atom. The lowest BCUT2D eigenvalue weighted by Gasteiger charge is -2.35. The fraction of sp³-hybridized carbons (Fsp3) is 0.409. The van der Waals surface area contributed by atoms with Crippen molar-refractivity contribution in [2.45, 2.75) is 31.6 Å². The average Bonchev–Trinajstić information content (AvgIpc) is 3.43. The number of nitrogens with one attached hydrogen (secondary N) is 1. The number of aromatic nitrogens is 2. The summed E-state index contributed by atoms with van der Waals surface area (Å²) in [6.07, 6.45) is 2.88. The fourth-order valence-electron chi connectivity index (χ4n) is 4.68. The number of aromatic amines is 1. The number of ether oxygens (including phenoxy) is 1. The van der Waals surface area contributed by atoms with Crippen LogP contribution in [0.5, 0.6) is 5.75 Å². The van der Waals surface area contributed by atoms with Gasteiger partial charge in [-0.3, -0.25) is 10.00 Å². The highest BCUT2D eigenvalue weighted by molar-refractivity contribution is 7.15. The van der Waals surface area contributed by atoms with Crippen molar-refractivity contribution < 1.29 is 9.84 Å². The van der Waals surface area contributed by atoms with Crippen molar-refractivity contribution >= 4 is 22.9 Å². The second-order valence-electron chi connectivity index (χ2n) is 8.10. The van der Waals surface area contributed by atoms with Crippen molar-refractivity contribution in [3.8, 4) is 16.3 Å². The van der Waals surface area contributed by atoms with E-state index in [0.29, 0.717) is 16.9 Å². The molecule has 3 heterocycles. The van der Waals surface area contributed by atoms with Gasteiger partial charge in [-0.15, -0.1) is 11.3 Å². The molecule has 1 saturated heterocycles. The molecular weight excluding hydrogens is 406 g/mol. The summed E-state index contributed by atoms with van der Waals surface area (Å²) < 4.78 is 6.09. The van der Waals surface area contributed by atoms with Gasteiger partial charge in [-0.1, -0.05) is 17.7 Å². The number of H-pyrrole nitrogens is 1. The second-order valence-corrected chi connectivity index (χ2v) is 9.71. The number of halogens is 1. The maximum atomic E-state index is 10.6. The van der Waals surface area contributed by atoms with Crippen LogP contribution in [0.25, 0.3) is 10.6 Å². The van der Waals surface area contributed by atoms with E-state index in [0.717, 1.165) is 43.9 Å². The minimum Gasteiger partial charge on any atom is -0.488 e. The monoisotopic (exact) mass is 429 g/mol. The molecule has 5 rings (SSSR count). The molecule has 0 amide bonds. The Morgan fingerprint density at radius 2 is 2.03 bits per heavy atom. The Morgan fingerprint density at radius 3 is 2.83 bits per heavy atom. The van der Waals surface area contributed by atoms with E-state index in [1.54, 1.807) is 6.20 Å². The van der Waals surface area contributed by atoms with Crippen LogP contribution < -0.4 is 4.74 Å². The number of thiophene rings is 1. The third kappa shape index (κ3) is 4.21. The minimum atomic E-state index is -0.427. The first-order valence-electron chi connectivity index (χ1n) is 10.0. The quantitative estimate of drug-likeness (QED) is 0.629. The molecule has 2 aliphatic rings. The molecule has 2 aromatic heterocycles. The van der Waals surface area contributed by atoms with Crippen molar-refractivity contribution in [2.24, 2.45) is 11.8 Å². The predicted molar refractivity (Wildman–Crippen MR) is 115 cm³/mol. The van der Waals surface area contributed by atoms with Gasteiger partial charge < -0.3 is 9.84 Å². The maximum Gasteiger partial charge on any atom is 0.125 e. The predicted octanol–water partition coefficient (Wildman–Crippen LogP) is 4.44. The number of benzene rings is 1. The van der Waals surface area contributed by atoms with Gasteiger partial charge in [0.15, 0.2) is 0 Å². The smallest absolute Gasteiger partial charge is 0.125 e. The molecule has 2 fully saturated rings. The van der Waals surface area contributed by atoms with Crippen molar-refractivity contribution in [3.05, 3.63) is 58.6 Å². The van der Waals surface area contributed by atoms with E-state index in [1.807, 2.05) is 41.7 Å². The van der Waals surface area contributed by atoms with Gasteiger partial charge in [0, 0.05) is 35.7 Å². The molecule has 29 heavy (non-hydrogen) atoms. The lowest BCUT2D eigenvalue weighted by Crippen LogP contribution is -2.42. The third-order valence-corrected chi connectivity index (χ3v) is 7.39. The van der Waals surface area contributed by atoms with Crippen LogP contribution >= 0.6 is 22.9 Å². The van der Waals surface area contributed by atoms with Gasteiger partial charge in [-0.25, -0.2) is 0 Å². The zero-order chi connectivity index (χ0) is 19.8. The number of rotatable bonds is 5. The zero-order valence-electron chi connectivity index (χ0n) is 16.0. The Labute approximate surface area is 179 Å². The number of fused-ring (bicyclic) bond motifs is 1. The van der Waals surface area contributed by atoms with Gasteiger partial charge in [0.25, 0.3) is 0 Å². The highest BCUT2D eigenvalue weighted by Crippen LogP contribution is 2.39. The zero-order valence-corrected chi connectivity index (χ0v) is 17.6. The lowest BCUT2D eigenvalue weighted by molar-refractivity contribution is -0.0231. The molecule has 1 aromatic carbocycles. The fourth-order valence-corrected chi connectivity index (χ4v) is 5.89. The van der Waals surface area contributed by atoms with Crippen molar-refractivity contribution in [2.75, 3.05) is 13.1 Å². The number of aliphatic hydroxyl groups is 1. The normalized spacial score (nSPS) is 27.1. The molecule has 1 aliphatic carbocycles. The van der Waals surface area contributed by atoms with Crippen LogP contribution in [0.15, 0.2) is 48.7 Å². The van der Waals surface area contributed by atoms with Crippen LogP contribution in [0.2, 0.25) is 5.02 Å². The molecule has 0 bridgehead atoms. The van der Waals surface area contributed by atoms with Gasteiger partial charge in [0.1, 0.15) is 11.9 Å². The van der Waals surface area contributed by atoms with Crippen molar-refractivity contribution in [3.63, 3.8) is 0 Å². The number of hydrogen-bond acceptors (Lipinski definition) is 5. The molecule has 0 radical (unpaired) electrons. The van der Waals surface area contributed by atoms with Crippen LogP contribution in [-0.4, -0.2) is 45.5 Å². The number of likely N-dealkylation sites (tertiary alicyclic amines) is 1. The SMILES string of the molecule is O[C@@H]1C[C@H]2CN(Cc3ccc(-c4ccn[nH]4)s3)C[C@H]2C[C@H]1Oc1cccc(Cl)c1. The van der Waals surface area contributed by atoms with E-state index in [9.17, 15) is 5.11 Å². The standard InChI is InChI=1S/C22H24ClN3O2S/c23-16-2-1-3-17(10-16)28-21-9-15-12-26(11-14(15)8-20(21)27)13-18-4-5-22(29-18)19-6-7-24-25-19/h1-7,10,14-15,20-21,27H,8-9,11-13H2,(H,24,25)/t14-,15+,20+,21+/m0/s1. The molecule has 1 saturated carbocycles. The van der Waals surface area contributed by atoms with Gasteiger partial charge in [0.05, 0.1) is 16.7 Å². The van der Waals surface area contributed by atoms with E-state index in [1.165, 1.54) is 9.75 Å². The van der Waals surface area contributed by atoms with E-state index in [-0.39, 0.29) is 6.10 Å². The summed E-state index contributed by atoms with van der Waals surface area (Å²) in [4.78, 5) is 5.10. The van der Waals surface area contributed by atoms with Crippen LogP contribution in [0.4, 0.5) is 0 Å². The summed E-state index contributed by atoms with van der Waals surface area (Å²) in [7, 11) is 0. The molecular formula is C22H24ClN3O2S. The third-order valence-electron chi connectivity index (χ3n) is 6.05. The van der Waals surface area contributed by atoms with Gasteiger partial charge in [-0.2, -0.15) is 5.10 Å². The van der Waals surface area contributed by atoms with Crippen LogP contribution in [0.3, 0.4) is 0 Å². The summed E-state index contributed by atoms with van der Waals surface area (Å²) >= 11 is 7.88. The first-order valence-corrected chi connectivity index (χ1v) is 11.2. The molecule has 1 aliphatic heterocycles. The van der Waals surface area contributed by atoms with Gasteiger partial charge >= 0.3 is 0 Å². The van der Waals surface area contributed by atoms with E-state index < -0.39 is 6.10 Å². The first kappa shape index (κ1) is 19.1. The Balaban J connectivity index is 1.21. The lowest BCUT2D eigenvalue weighted by atomic mass is 9.78. The van der Waals surface area contributed by atoms with Gasteiger partial charge in [0.2, 0.25) is 0 Å². The van der Waals surface area contributed by atoms with Crippen molar-refractivity contribution in [1.29, 1.82) is 0 Å². The Hall–Kier alpha value is -1.86. The van der Waals surface area contributed by atoms with Gasteiger partial charge in [-0.05, 0) is 61.1 Å². The maximum absolute atomic E-state index is 10.6. The largest absolute Gasteiger partial charge is 0.488 e. The summed E-state index contributed by atoms with van der Waals surface area (Å²) in [5.74, 6) is 1.84. The van der Waals surface area contributed by atoms with Crippen molar-refractivity contribution in [1.82, 2.24) is 15.1 Å². The van der Waals surface area contributed by atoms with E-state index in [4.69, 9.17) is 16.3 Å². The highest BCUT2D eigenvalue weighted by Gasteiger charge is 2.42. The summed E-state index contributed by atoms with van der Waals surface area (Å²) in [5, 5.41) is 18.4. The van der Waals surface area contributed by atoms with Crippen LogP contribution in [0.1, 0.15) is 17.7 Å². The molecule has 0 spiro atoms. The molecule has 0 unspecified atom stereocenters. The Bertz CT molecular complexity index is 961. The molecule has 7 heteroatoms. The molecule has 3 aromatic rings. The highest BCUT2D eigenvalue weighted by atomic mass is 35.5. The van der Waals surface area contributed by atoms with E-state index in [2.05, 4.69) is 27.2 Å². The summed E-state index contributed by atoms with van der Waals surface area (Å²) in [5.41, 5.74) is 1.07. The molecule has 5 nitrogen and oxygen atoms in total. The topological polar surface area (TPSA) is 61.4 Å². The molecule has 2 N–H and O–H groups in total. The summed E-state index contributed by atoms with van der Waals surface area (Å²) in [6, 6.07) is 13.8. The summed E-state index contributed by atoms with van der Waals surface area (Å²) in [6.45, 7) is 3.06. The minimum absolute atomic E-state index is 0.164.